The number of aromatic hydroxyl groups is 1. The Morgan fingerprint density at radius 1 is 0.872 bits per heavy atom. The van der Waals surface area contributed by atoms with Gasteiger partial charge in [-0.2, -0.15) is 0 Å². The van der Waals surface area contributed by atoms with Crippen LogP contribution in [0.4, 0.5) is 5.69 Å². The van der Waals surface area contributed by atoms with Crippen molar-refractivity contribution in [2.45, 2.75) is 25.2 Å². The summed E-state index contributed by atoms with van der Waals surface area (Å²) in [5, 5.41) is 31.8. The number of allylic oxidation sites excluding steroid dienone is 3. The number of aryl methyl sites for hydroxylation is 1. The van der Waals surface area contributed by atoms with Gasteiger partial charge in [-0.15, -0.1) is 0 Å². The first-order chi connectivity index (χ1) is 18.5. The van der Waals surface area contributed by atoms with E-state index in [4.69, 9.17) is 5.73 Å². The van der Waals surface area contributed by atoms with Crippen LogP contribution < -0.4 is 43.4 Å². The van der Waals surface area contributed by atoms with Crippen molar-refractivity contribution in [3.8, 4) is 5.75 Å². The molecule has 194 valence electrons. The molecule has 1 aromatic heterocycles. The van der Waals surface area contributed by atoms with Crippen LogP contribution in [0.3, 0.4) is 0 Å². The summed E-state index contributed by atoms with van der Waals surface area (Å²) in [4.78, 5) is 67.7. The molecular formula is C29H20N2O8. The average molecular weight is 524 g/mol. The summed E-state index contributed by atoms with van der Waals surface area (Å²) in [6, 6.07) is 4.04. The summed E-state index contributed by atoms with van der Waals surface area (Å²) < 4.78 is 0. The molecule has 1 atom stereocenters. The van der Waals surface area contributed by atoms with Gasteiger partial charge in [0, 0.05) is 17.3 Å². The van der Waals surface area contributed by atoms with Gasteiger partial charge < -0.3 is 26.0 Å². The van der Waals surface area contributed by atoms with Crippen LogP contribution in [0.2, 0.25) is 0 Å². The highest BCUT2D eigenvalue weighted by Crippen LogP contribution is 2.54. The fourth-order valence-electron chi connectivity index (χ4n) is 6.02. The quantitative estimate of drug-likeness (QED) is 0.219. The highest BCUT2D eigenvalue weighted by atomic mass is 16.3. The monoisotopic (exact) mass is 524 g/mol. The number of aromatic amines is 1. The standard InChI is InChI=1S/C29H20N2O8/c1-2-3-4-5-13-9-12-8-11-6-7-29(21(11)25(36)16(12)28(39)31-13)26(37)19-20(27(29)38)24(35)18-17(23(19)34)15(32)10-14(30)22(18)33/h2-5,8-10,36-38H,6-7,30H2,1H3,(H,31,39)/b3-2+,5-4+/t29-/m0/s1. The Labute approximate surface area is 216 Å². The summed E-state index contributed by atoms with van der Waals surface area (Å²) in [7, 11) is 0. The summed E-state index contributed by atoms with van der Waals surface area (Å²) in [5.74, 6) is -2.01. The zero-order valence-electron chi connectivity index (χ0n) is 20.4. The van der Waals surface area contributed by atoms with Crippen LogP contribution in [0, 0.1) is 10.4 Å². The van der Waals surface area contributed by atoms with E-state index in [9.17, 15) is 39.3 Å². The number of nitrogens with one attached hydrogen (secondary N) is 1. The molecule has 10 nitrogen and oxygen atoms in total. The van der Waals surface area contributed by atoms with Crippen molar-refractivity contribution in [2.75, 3.05) is 5.73 Å². The highest BCUT2D eigenvalue weighted by Gasteiger charge is 2.53. The van der Waals surface area contributed by atoms with E-state index >= 15 is 0 Å². The number of pyridine rings is 1. The number of aliphatic hydroxyl groups excluding tert-OH is 2. The number of benzene rings is 1. The van der Waals surface area contributed by atoms with Crippen LogP contribution in [0.15, 0.2) is 60.4 Å². The molecular weight excluding hydrogens is 504 g/mol. The van der Waals surface area contributed by atoms with E-state index in [-0.39, 0.29) is 23.8 Å². The second-order valence-electron chi connectivity index (χ2n) is 9.72. The molecule has 0 amide bonds. The first-order valence-electron chi connectivity index (χ1n) is 12.0. The van der Waals surface area contributed by atoms with E-state index < -0.39 is 76.5 Å². The van der Waals surface area contributed by atoms with Crippen molar-refractivity contribution in [1.82, 2.24) is 4.98 Å². The van der Waals surface area contributed by atoms with Crippen LogP contribution in [0.5, 0.6) is 5.75 Å². The van der Waals surface area contributed by atoms with Crippen molar-refractivity contribution < 1.29 is 15.3 Å². The minimum atomic E-state index is -1.93. The Bertz CT molecular complexity index is 2340. The lowest BCUT2D eigenvalue weighted by Gasteiger charge is -2.27. The number of aliphatic hydroxyl groups is 2. The maximum Gasteiger partial charge on any atom is 0.260 e. The molecule has 0 bridgehead atoms. The van der Waals surface area contributed by atoms with Crippen molar-refractivity contribution in [3.63, 3.8) is 0 Å². The molecule has 1 aromatic carbocycles. The van der Waals surface area contributed by atoms with Crippen LogP contribution in [-0.2, 0) is 11.8 Å². The second-order valence-corrected chi connectivity index (χ2v) is 9.72. The van der Waals surface area contributed by atoms with E-state index in [2.05, 4.69) is 4.98 Å². The second kappa shape index (κ2) is 7.87. The minimum absolute atomic E-state index is 0.0315. The zero-order valence-corrected chi connectivity index (χ0v) is 20.4. The van der Waals surface area contributed by atoms with E-state index in [0.717, 1.165) is 6.07 Å². The van der Waals surface area contributed by atoms with Crippen LogP contribution in [-0.4, -0.2) is 20.3 Å². The molecule has 0 saturated carbocycles. The van der Waals surface area contributed by atoms with E-state index in [1.807, 2.05) is 13.0 Å². The van der Waals surface area contributed by atoms with Crippen LogP contribution in [0.25, 0.3) is 28.4 Å². The summed E-state index contributed by atoms with van der Waals surface area (Å²) in [5.41, 5.74) is -0.825. The minimum Gasteiger partial charge on any atom is -0.510 e. The molecule has 10 heteroatoms. The van der Waals surface area contributed by atoms with Gasteiger partial charge in [0.15, 0.2) is 5.43 Å². The third-order valence-corrected chi connectivity index (χ3v) is 7.70. The first-order valence-corrected chi connectivity index (χ1v) is 12.0. The number of hydrogen-bond donors (Lipinski definition) is 5. The maximum atomic E-state index is 13.4. The molecule has 0 radical (unpaired) electrons. The third kappa shape index (κ3) is 2.88. The van der Waals surface area contributed by atoms with Gasteiger partial charge >= 0.3 is 0 Å². The van der Waals surface area contributed by atoms with Crippen molar-refractivity contribution >= 4 is 34.1 Å². The Hall–Kier alpha value is -5.25. The Balaban J connectivity index is 1.75. The van der Waals surface area contributed by atoms with Gasteiger partial charge in [-0.1, -0.05) is 24.3 Å². The lowest BCUT2D eigenvalue weighted by molar-refractivity contribution is 0.362. The maximum absolute atomic E-state index is 13.4. The molecule has 6 rings (SSSR count). The fraction of sp³-hybridized carbons (Fsp3) is 0.138. The van der Waals surface area contributed by atoms with Crippen LogP contribution >= 0.6 is 0 Å². The lowest BCUT2D eigenvalue weighted by atomic mass is 9.78. The predicted molar refractivity (Wildman–Crippen MR) is 145 cm³/mol. The molecule has 4 aliphatic rings. The van der Waals surface area contributed by atoms with Crippen molar-refractivity contribution in [2.24, 2.45) is 0 Å². The molecule has 0 unspecified atom stereocenters. The number of nitrogens with two attached hydrogens (primary N) is 1. The number of phenols is 1. The smallest absolute Gasteiger partial charge is 0.260 e. The number of H-pyrrole nitrogens is 1. The van der Waals surface area contributed by atoms with Gasteiger partial charge in [-0.25, -0.2) is 0 Å². The van der Waals surface area contributed by atoms with Crippen LogP contribution in [0.1, 0.15) is 30.2 Å². The zero-order chi connectivity index (χ0) is 28.0. The third-order valence-electron chi connectivity index (χ3n) is 7.70. The van der Waals surface area contributed by atoms with Gasteiger partial charge in [0.05, 0.1) is 31.9 Å². The topological polar surface area (TPSA) is 188 Å². The summed E-state index contributed by atoms with van der Waals surface area (Å²) in [6.07, 6.45) is 7.14. The van der Waals surface area contributed by atoms with E-state index in [0.29, 0.717) is 16.6 Å². The molecule has 2 aromatic rings. The highest BCUT2D eigenvalue weighted by molar-refractivity contribution is 5.94. The average Bonchev–Trinajstić information content (AvgIpc) is 3.37. The Morgan fingerprint density at radius 3 is 2.21 bits per heavy atom. The van der Waals surface area contributed by atoms with Gasteiger partial charge in [0.25, 0.3) is 5.56 Å². The molecule has 39 heavy (non-hydrogen) atoms. The van der Waals surface area contributed by atoms with Gasteiger partial charge in [0.2, 0.25) is 16.3 Å². The molecule has 6 N–H and O–H groups in total. The van der Waals surface area contributed by atoms with Gasteiger partial charge in [-0.3, -0.25) is 24.0 Å². The number of anilines is 1. The number of fused-ring (bicyclic) bond motifs is 4. The number of aromatic nitrogens is 1. The summed E-state index contributed by atoms with van der Waals surface area (Å²) in [6.45, 7) is 1.84. The molecule has 4 aliphatic carbocycles. The molecule has 0 aliphatic heterocycles. The number of nitrogen functional groups attached to an aromatic ring is 1. The molecule has 0 saturated heterocycles. The molecule has 0 fully saturated rings. The van der Waals surface area contributed by atoms with E-state index in [1.165, 1.54) is 0 Å². The molecule has 1 spiro atoms. The normalized spacial score (nSPS) is 18.4. The molecule has 1 heterocycles. The number of hydrogen-bond acceptors (Lipinski definition) is 9. The first kappa shape index (κ1) is 24.1. The fourth-order valence-corrected chi connectivity index (χ4v) is 6.02. The predicted octanol–water partition coefficient (Wildman–Crippen LogP) is -0.323. The number of rotatable bonds is 2. The summed E-state index contributed by atoms with van der Waals surface area (Å²) >= 11 is 0. The Kier molecular flexibility index (Phi) is 4.87. The lowest BCUT2D eigenvalue weighted by Crippen LogP contribution is -2.52. The van der Waals surface area contributed by atoms with E-state index in [1.54, 1.807) is 30.4 Å². The van der Waals surface area contributed by atoms with Gasteiger partial charge in [0.1, 0.15) is 22.7 Å². The van der Waals surface area contributed by atoms with Crippen molar-refractivity contribution in [3.05, 3.63) is 125 Å². The van der Waals surface area contributed by atoms with Gasteiger partial charge in [-0.05, 0) is 42.9 Å². The largest absolute Gasteiger partial charge is 0.510 e. The Morgan fingerprint density at radius 2 is 1.54 bits per heavy atom. The number of phenolic OH excluding ortho intramolecular Hbond substituents is 1. The van der Waals surface area contributed by atoms with Crippen molar-refractivity contribution in [1.29, 1.82) is 0 Å². The SMILES string of the molecule is C/C=C/C=C/c1cc2cc3c(c(O)c2c(=O)[nH]1)[C@@]1(CC3)C(O)=c2c(=O)c3c(=O)cc(N)c(=O)c=3c(=O)c2=C1O.